The maximum atomic E-state index is 12.1. The molecule has 0 spiro atoms. The molecule has 1 atom stereocenters. The van der Waals surface area contributed by atoms with Crippen LogP contribution in [0.3, 0.4) is 0 Å². The number of ether oxygens (including phenoxy) is 2. The summed E-state index contributed by atoms with van der Waals surface area (Å²) in [7, 11) is 1.59. The summed E-state index contributed by atoms with van der Waals surface area (Å²) in [5, 5.41) is 10.3. The maximum Gasteiger partial charge on any atom is 0.349 e. The van der Waals surface area contributed by atoms with Gasteiger partial charge >= 0.3 is 11.6 Å². The van der Waals surface area contributed by atoms with Crippen LogP contribution in [0.15, 0.2) is 88.1 Å². The van der Waals surface area contributed by atoms with Crippen LogP contribution in [0.4, 0.5) is 0 Å². The molecule has 6 nitrogen and oxygen atoms in total. The summed E-state index contributed by atoms with van der Waals surface area (Å²) in [5.74, 6) is -0.120. The maximum absolute atomic E-state index is 12.1. The van der Waals surface area contributed by atoms with E-state index >= 15 is 0 Å². The van der Waals surface area contributed by atoms with E-state index in [1.54, 1.807) is 49.6 Å². The lowest BCUT2D eigenvalue weighted by molar-refractivity contribution is -0.145. The summed E-state index contributed by atoms with van der Waals surface area (Å²) in [6.07, 6.45) is -1.18. The molecule has 4 aromatic rings. The summed E-state index contributed by atoms with van der Waals surface area (Å²) in [5.41, 5.74) is 1.84. The highest BCUT2D eigenvalue weighted by atomic mass is 16.5. The van der Waals surface area contributed by atoms with Gasteiger partial charge in [0.15, 0.2) is 0 Å². The Morgan fingerprint density at radius 1 is 0.933 bits per heavy atom. The van der Waals surface area contributed by atoms with Crippen molar-refractivity contribution in [3.63, 3.8) is 0 Å². The largest absolute Gasteiger partial charge is 0.497 e. The molecule has 0 bridgehead atoms. The monoisotopic (exact) mass is 402 g/mol. The van der Waals surface area contributed by atoms with Crippen molar-refractivity contribution in [1.82, 2.24) is 0 Å². The quantitative estimate of drug-likeness (QED) is 0.472. The minimum absolute atomic E-state index is 0.286. The second kappa shape index (κ2) is 8.13. The van der Waals surface area contributed by atoms with Gasteiger partial charge < -0.3 is 19.0 Å². The number of rotatable bonds is 6. The predicted octanol–water partition coefficient (Wildman–Crippen LogP) is 4.67. The highest BCUT2D eigenvalue weighted by Gasteiger charge is 2.22. The fourth-order valence-corrected chi connectivity index (χ4v) is 3.25. The Labute approximate surface area is 171 Å². The Hall–Kier alpha value is -4.06. The average Bonchev–Trinajstić information content (AvgIpc) is 2.77. The molecule has 6 heteroatoms. The Balaban J connectivity index is 1.74. The lowest BCUT2D eigenvalue weighted by Crippen LogP contribution is -2.18. The second-order valence-corrected chi connectivity index (χ2v) is 6.61. The van der Waals surface area contributed by atoms with Gasteiger partial charge in [0.1, 0.15) is 17.1 Å². The molecule has 150 valence electrons. The number of fused-ring (bicyclic) bond motifs is 1. The van der Waals surface area contributed by atoms with E-state index in [-0.39, 0.29) is 5.75 Å². The SMILES string of the molecule is COc1ccc(-c2cc(=O)oc3cc(O[C@@H](C(=O)O)c4ccccc4)ccc23)cc1. The van der Waals surface area contributed by atoms with Gasteiger partial charge in [-0.25, -0.2) is 9.59 Å². The Bertz CT molecular complexity index is 1240. The number of carbonyl (C=O) groups is 1. The first-order valence-electron chi connectivity index (χ1n) is 9.22. The van der Waals surface area contributed by atoms with E-state index in [1.165, 1.54) is 12.1 Å². The van der Waals surface area contributed by atoms with Crippen LogP contribution in [0.2, 0.25) is 0 Å². The summed E-state index contributed by atoms with van der Waals surface area (Å²) in [6, 6.07) is 22.3. The van der Waals surface area contributed by atoms with Gasteiger partial charge in [-0.15, -0.1) is 0 Å². The fourth-order valence-electron chi connectivity index (χ4n) is 3.25. The zero-order chi connectivity index (χ0) is 21.1. The summed E-state index contributed by atoms with van der Waals surface area (Å²) in [4.78, 5) is 23.8. The molecule has 4 rings (SSSR count). The lowest BCUT2D eigenvalue weighted by atomic mass is 10.0. The molecule has 0 aliphatic heterocycles. The molecule has 1 N–H and O–H groups in total. The van der Waals surface area contributed by atoms with Gasteiger partial charge in [-0.05, 0) is 35.4 Å². The van der Waals surface area contributed by atoms with Gasteiger partial charge in [-0.1, -0.05) is 42.5 Å². The van der Waals surface area contributed by atoms with Crippen LogP contribution in [0.25, 0.3) is 22.1 Å². The van der Waals surface area contributed by atoms with Gasteiger partial charge in [0.2, 0.25) is 6.10 Å². The first-order valence-corrected chi connectivity index (χ1v) is 9.22. The molecule has 30 heavy (non-hydrogen) atoms. The molecule has 0 fully saturated rings. The van der Waals surface area contributed by atoms with Crippen LogP contribution in [0, 0.1) is 0 Å². The summed E-state index contributed by atoms with van der Waals surface area (Å²) >= 11 is 0. The molecule has 1 aromatic heterocycles. The van der Waals surface area contributed by atoms with Crippen LogP contribution in [0.1, 0.15) is 11.7 Å². The van der Waals surface area contributed by atoms with E-state index < -0.39 is 17.7 Å². The predicted molar refractivity (Wildman–Crippen MR) is 112 cm³/mol. The third kappa shape index (κ3) is 3.89. The van der Waals surface area contributed by atoms with Crippen molar-refractivity contribution in [2.24, 2.45) is 0 Å². The average molecular weight is 402 g/mol. The summed E-state index contributed by atoms with van der Waals surface area (Å²) < 4.78 is 16.2. The topological polar surface area (TPSA) is 86.0 Å². The number of methoxy groups -OCH3 is 1. The Morgan fingerprint density at radius 3 is 2.30 bits per heavy atom. The first-order chi connectivity index (χ1) is 14.5. The molecule has 1 heterocycles. The van der Waals surface area contributed by atoms with Gasteiger partial charge in [0, 0.05) is 23.1 Å². The molecular weight excluding hydrogens is 384 g/mol. The fraction of sp³-hybridized carbons (Fsp3) is 0.0833. The van der Waals surface area contributed by atoms with E-state index in [9.17, 15) is 14.7 Å². The van der Waals surface area contributed by atoms with Crippen LogP contribution >= 0.6 is 0 Å². The van der Waals surface area contributed by atoms with Gasteiger partial charge in [0.05, 0.1) is 7.11 Å². The number of hydrogen-bond acceptors (Lipinski definition) is 5. The smallest absolute Gasteiger partial charge is 0.349 e. The molecule has 0 amide bonds. The summed E-state index contributed by atoms with van der Waals surface area (Å²) in [6.45, 7) is 0. The molecule has 0 aliphatic rings. The van der Waals surface area contributed by atoms with E-state index in [0.717, 1.165) is 5.56 Å². The van der Waals surface area contributed by atoms with Crippen LogP contribution in [-0.2, 0) is 4.79 Å². The first kappa shape index (κ1) is 19.3. The van der Waals surface area contributed by atoms with Gasteiger partial charge in [0.25, 0.3) is 0 Å². The molecule has 0 unspecified atom stereocenters. The van der Waals surface area contributed by atoms with Crippen LogP contribution in [0.5, 0.6) is 11.5 Å². The van der Waals surface area contributed by atoms with Crippen molar-refractivity contribution in [2.75, 3.05) is 7.11 Å². The van der Waals surface area contributed by atoms with Crippen molar-refractivity contribution < 1.29 is 23.8 Å². The van der Waals surface area contributed by atoms with E-state index in [4.69, 9.17) is 13.9 Å². The van der Waals surface area contributed by atoms with Crippen molar-refractivity contribution in [3.05, 3.63) is 94.8 Å². The Kier molecular flexibility index (Phi) is 5.22. The van der Waals surface area contributed by atoms with Crippen molar-refractivity contribution in [3.8, 4) is 22.6 Å². The van der Waals surface area contributed by atoms with Gasteiger partial charge in [-0.2, -0.15) is 0 Å². The van der Waals surface area contributed by atoms with Crippen molar-refractivity contribution in [2.45, 2.75) is 6.10 Å². The van der Waals surface area contributed by atoms with Crippen molar-refractivity contribution in [1.29, 1.82) is 0 Å². The van der Waals surface area contributed by atoms with Crippen LogP contribution in [-0.4, -0.2) is 18.2 Å². The third-order valence-corrected chi connectivity index (χ3v) is 4.70. The Morgan fingerprint density at radius 2 is 1.63 bits per heavy atom. The zero-order valence-electron chi connectivity index (χ0n) is 16.1. The zero-order valence-corrected chi connectivity index (χ0v) is 16.1. The molecular formula is C24H18O6. The molecule has 0 saturated carbocycles. The lowest BCUT2D eigenvalue weighted by Gasteiger charge is -2.16. The molecule has 0 saturated heterocycles. The second-order valence-electron chi connectivity index (χ2n) is 6.61. The molecule has 3 aromatic carbocycles. The standard InChI is InChI=1S/C24H18O6/c1-28-17-9-7-15(8-10-17)20-14-22(25)30-21-13-18(11-12-19(20)21)29-23(24(26)27)16-5-3-2-4-6-16/h2-14,23H,1H3,(H,26,27)/t23-/m1/s1. The molecule has 0 aliphatic carbocycles. The normalized spacial score (nSPS) is 11.8. The van der Waals surface area contributed by atoms with E-state index in [1.807, 2.05) is 24.3 Å². The highest BCUT2D eigenvalue weighted by Crippen LogP contribution is 2.32. The van der Waals surface area contributed by atoms with Crippen molar-refractivity contribution >= 4 is 16.9 Å². The number of carboxylic acids is 1. The van der Waals surface area contributed by atoms with Gasteiger partial charge in [-0.3, -0.25) is 0 Å². The number of hydrogen-bond donors (Lipinski definition) is 1. The number of carboxylic acid groups (broad SMARTS) is 1. The van der Waals surface area contributed by atoms with E-state index in [0.29, 0.717) is 27.8 Å². The number of aliphatic carboxylic acids is 1. The third-order valence-electron chi connectivity index (χ3n) is 4.70. The van der Waals surface area contributed by atoms with E-state index in [2.05, 4.69) is 0 Å². The van der Waals surface area contributed by atoms with Crippen LogP contribution < -0.4 is 15.1 Å². The minimum atomic E-state index is -1.18. The molecule has 0 radical (unpaired) electrons. The highest BCUT2D eigenvalue weighted by molar-refractivity contribution is 5.93. The number of benzene rings is 3. The minimum Gasteiger partial charge on any atom is -0.497 e.